The minimum atomic E-state index is 0.354. The van der Waals surface area contributed by atoms with E-state index in [4.69, 9.17) is 33.4 Å². The topological polar surface area (TPSA) is 66.2 Å². The molecule has 3 rings (SSSR count). The molecule has 0 radical (unpaired) electrons. The number of para-hydroxylation sites is 2. The van der Waals surface area contributed by atoms with Crippen LogP contribution in [0.5, 0.6) is 0 Å². The fourth-order valence-corrected chi connectivity index (χ4v) is 3.35. The van der Waals surface area contributed by atoms with Crippen molar-refractivity contribution in [3.05, 3.63) is 99.6 Å². The monoisotopic (exact) mass is 423 g/mol. The molecule has 0 amide bonds. The van der Waals surface area contributed by atoms with Crippen molar-refractivity contribution in [2.45, 2.75) is 13.5 Å². The van der Waals surface area contributed by atoms with Crippen molar-refractivity contribution in [3.63, 3.8) is 0 Å². The van der Waals surface area contributed by atoms with E-state index in [1.54, 1.807) is 30.3 Å². The van der Waals surface area contributed by atoms with Gasteiger partial charge in [-0.05, 0) is 48.9 Å². The molecule has 0 fully saturated rings. The molecule has 4 nitrogen and oxygen atoms in total. The molecule has 0 aliphatic rings. The van der Waals surface area contributed by atoms with E-state index in [1.807, 2.05) is 42.2 Å². The third kappa shape index (κ3) is 4.83. The van der Waals surface area contributed by atoms with Crippen LogP contribution >= 0.6 is 23.2 Å². The quantitative estimate of drug-likeness (QED) is 0.275. The molecule has 146 valence electrons. The number of halogens is 2. The lowest BCUT2D eigenvalue weighted by Gasteiger charge is -2.28. The third-order valence-corrected chi connectivity index (χ3v) is 4.96. The van der Waals surface area contributed by atoms with Gasteiger partial charge in [0.15, 0.2) is 0 Å². The summed E-state index contributed by atoms with van der Waals surface area (Å²) >= 11 is 12.4. The molecule has 1 aromatic heterocycles. The Bertz CT molecular complexity index is 1130. The first-order valence-corrected chi connectivity index (χ1v) is 9.58. The van der Waals surface area contributed by atoms with Crippen LogP contribution in [0.1, 0.15) is 17.1 Å². The number of allylic oxidation sites excluding steroid dienone is 1. The molecule has 0 saturated carbocycles. The van der Waals surface area contributed by atoms with Gasteiger partial charge in [0.25, 0.3) is 0 Å². The van der Waals surface area contributed by atoms with Crippen LogP contribution in [-0.4, -0.2) is 0 Å². The van der Waals surface area contributed by atoms with Gasteiger partial charge in [-0.15, -0.1) is 0 Å². The van der Waals surface area contributed by atoms with Gasteiger partial charge >= 0.3 is 0 Å². The number of nitrogen functional groups attached to an aromatic ring is 1. The third-order valence-electron chi connectivity index (χ3n) is 4.38. The summed E-state index contributed by atoms with van der Waals surface area (Å²) in [5.41, 5.74) is 9.15. The van der Waals surface area contributed by atoms with Crippen LogP contribution in [0.4, 0.5) is 11.4 Å². The molecule has 3 aromatic rings. The predicted octanol–water partition coefficient (Wildman–Crippen LogP) is 6.60. The minimum Gasteiger partial charge on any atom is -0.462 e. The maximum absolute atomic E-state index is 9.76. The van der Waals surface area contributed by atoms with E-state index in [-0.39, 0.29) is 0 Å². The Kier molecular flexibility index (Phi) is 6.33. The van der Waals surface area contributed by atoms with Crippen molar-refractivity contribution in [2.24, 2.45) is 0 Å². The number of nitrogens with two attached hydrogens (primary N) is 1. The number of nitrogens with zero attached hydrogens (tertiary/aromatic N) is 2. The Labute approximate surface area is 180 Å². The van der Waals surface area contributed by atoms with Crippen LogP contribution in [0, 0.1) is 18.3 Å². The molecule has 0 aliphatic carbocycles. The Morgan fingerprint density at radius 1 is 1.21 bits per heavy atom. The van der Waals surface area contributed by atoms with Gasteiger partial charge in [0.05, 0.1) is 22.6 Å². The molecule has 1 heterocycles. The second-order valence-corrected chi connectivity index (χ2v) is 7.29. The van der Waals surface area contributed by atoms with E-state index in [9.17, 15) is 5.26 Å². The molecule has 0 saturated heterocycles. The molecule has 0 unspecified atom stereocenters. The first kappa shape index (κ1) is 20.6. The number of aryl methyl sites for hydroxylation is 1. The van der Waals surface area contributed by atoms with Crippen LogP contribution in [0.3, 0.4) is 0 Å². The smallest absolute Gasteiger partial charge is 0.128 e. The predicted molar refractivity (Wildman–Crippen MR) is 120 cm³/mol. The van der Waals surface area contributed by atoms with Gasteiger partial charge < -0.3 is 15.1 Å². The van der Waals surface area contributed by atoms with Crippen molar-refractivity contribution in [2.75, 3.05) is 10.6 Å². The largest absolute Gasteiger partial charge is 0.462 e. The van der Waals surface area contributed by atoms with E-state index >= 15 is 0 Å². The standard InChI is InChI=1S/C23H19Cl2N3O/c1-15-7-10-20(29-15)11-18(13-26)16(2)28(23-6-4-3-5-22(23)27)14-17-8-9-19(24)12-21(17)25/h3-12H,2,14,27H2,1H3/b18-11+. The Hall–Kier alpha value is -3.13. The van der Waals surface area contributed by atoms with Crippen molar-refractivity contribution in [1.82, 2.24) is 0 Å². The van der Waals surface area contributed by atoms with Gasteiger partial charge in [0.2, 0.25) is 0 Å². The SMILES string of the molecule is C=C(/C(C#N)=C/c1ccc(C)o1)N(Cc1ccc(Cl)cc1Cl)c1ccccc1N. The average Bonchev–Trinajstić information content (AvgIpc) is 3.11. The van der Waals surface area contributed by atoms with Gasteiger partial charge in [-0.25, -0.2) is 0 Å². The average molecular weight is 424 g/mol. The highest BCUT2D eigenvalue weighted by atomic mass is 35.5. The molecular formula is C23H19Cl2N3O. The lowest BCUT2D eigenvalue weighted by Crippen LogP contribution is -2.23. The maximum atomic E-state index is 9.76. The fraction of sp³-hybridized carbons (Fsp3) is 0.0870. The van der Waals surface area contributed by atoms with Gasteiger partial charge in [-0.3, -0.25) is 0 Å². The van der Waals surface area contributed by atoms with Crippen molar-refractivity contribution in [3.8, 4) is 6.07 Å². The number of benzene rings is 2. The summed E-state index contributed by atoms with van der Waals surface area (Å²) in [4.78, 5) is 1.86. The summed E-state index contributed by atoms with van der Waals surface area (Å²) < 4.78 is 5.58. The summed E-state index contributed by atoms with van der Waals surface area (Å²) in [5.74, 6) is 1.34. The second-order valence-electron chi connectivity index (χ2n) is 6.45. The number of furan rings is 1. The summed E-state index contributed by atoms with van der Waals surface area (Å²) in [6.07, 6.45) is 1.66. The van der Waals surface area contributed by atoms with Crippen LogP contribution in [-0.2, 0) is 6.54 Å². The highest BCUT2D eigenvalue weighted by molar-refractivity contribution is 6.35. The zero-order chi connectivity index (χ0) is 21.0. The first-order valence-electron chi connectivity index (χ1n) is 8.82. The van der Waals surface area contributed by atoms with E-state index < -0.39 is 0 Å². The van der Waals surface area contributed by atoms with Crippen LogP contribution < -0.4 is 10.6 Å². The normalized spacial score (nSPS) is 11.2. The number of hydrogen-bond donors (Lipinski definition) is 1. The van der Waals surface area contributed by atoms with E-state index in [2.05, 4.69) is 12.6 Å². The first-order chi connectivity index (χ1) is 13.9. The van der Waals surface area contributed by atoms with Crippen molar-refractivity contribution < 1.29 is 4.42 Å². The van der Waals surface area contributed by atoms with Gasteiger partial charge in [0.1, 0.15) is 17.6 Å². The zero-order valence-electron chi connectivity index (χ0n) is 15.8. The highest BCUT2D eigenvalue weighted by Crippen LogP contribution is 2.32. The second kappa shape index (κ2) is 8.91. The molecule has 6 heteroatoms. The Morgan fingerprint density at radius 3 is 2.59 bits per heavy atom. The molecule has 0 aliphatic heterocycles. The molecule has 0 atom stereocenters. The molecule has 0 bridgehead atoms. The summed E-state index contributed by atoms with van der Waals surface area (Å²) in [5, 5.41) is 10.8. The van der Waals surface area contributed by atoms with Crippen molar-refractivity contribution >= 4 is 40.7 Å². The molecule has 2 N–H and O–H groups in total. The van der Waals surface area contributed by atoms with Gasteiger partial charge in [0, 0.05) is 22.7 Å². The highest BCUT2D eigenvalue weighted by Gasteiger charge is 2.19. The molecule has 2 aromatic carbocycles. The lowest BCUT2D eigenvalue weighted by molar-refractivity contribution is 0.525. The molecule has 29 heavy (non-hydrogen) atoms. The number of nitriles is 1. The van der Waals surface area contributed by atoms with Gasteiger partial charge in [-0.2, -0.15) is 5.26 Å². The maximum Gasteiger partial charge on any atom is 0.128 e. The summed E-state index contributed by atoms with van der Waals surface area (Å²) in [6, 6.07) is 18.5. The van der Waals surface area contributed by atoms with E-state index in [0.717, 1.165) is 17.0 Å². The van der Waals surface area contributed by atoms with E-state index in [1.165, 1.54) is 0 Å². The number of hydrogen-bond acceptors (Lipinski definition) is 4. The minimum absolute atomic E-state index is 0.354. The zero-order valence-corrected chi connectivity index (χ0v) is 17.3. The Morgan fingerprint density at radius 2 is 1.97 bits per heavy atom. The fourth-order valence-electron chi connectivity index (χ4n) is 2.88. The van der Waals surface area contributed by atoms with Crippen molar-refractivity contribution in [1.29, 1.82) is 5.26 Å². The lowest BCUT2D eigenvalue weighted by atomic mass is 10.1. The van der Waals surface area contributed by atoms with Crippen LogP contribution in [0.15, 0.2) is 76.9 Å². The van der Waals surface area contributed by atoms with Crippen LogP contribution in [0.2, 0.25) is 10.0 Å². The van der Waals surface area contributed by atoms with E-state index in [0.29, 0.717) is 39.3 Å². The molecule has 0 spiro atoms. The Balaban J connectivity index is 2.04. The van der Waals surface area contributed by atoms with Crippen LogP contribution in [0.25, 0.3) is 6.08 Å². The number of rotatable bonds is 6. The number of anilines is 2. The molecular weight excluding hydrogens is 405 g/mol. The van der Waals surface area contributed by atoms with Gasteiger partial charge in [-0.1, -0.05) is 48.0 Å². The summed E-state index contributed by atoms with van der Waals surface area (Å²) in [7, 11) is 0. The summed E-state index contributed by atoms with van der Waals surface area (Å²) in [6.45, 7) is 6.36.